The van der Waals surface area contributed by atoms with Crippen molar-refractivity contribution in [2.45, 2.75) is 32.1 Å². The van der Waals surface area contributed by atoms with Gasteiger partial charge in [-0.2, -0.15) is 18.3 Å². The van der Waals surface area contributed by atoms with Crippen LogP contribution in [0.3, 0.4) is 0 Å². The lowest BCUT2D eigenvalue weighted by Gasteiger charge is -2.28. The minimum Gasteiger partial charge on any atom is -0.334 e. The number of rotatable bonds is 4. The number of halogens is 3. The van der Waals surface area contributed by atoms with E-state index in [4.69, 9.17) is 0 Å². The smallest absolute Gasteiger partial charge is 0.334 e. The molecule has 142 valence electrons. The molecule has 10 heteroatoms. The van der Waals surface area contributed by atoms with E-state index in [9.17, 15) is 18.0 Å². The average molecular weight is 370 g/mol. The molecule has 1 aliphatic rings. The number of carbonyl (C=O) groups excluding carboxylic acids is 1. The Morgan fingerprint density at radius 1 is 1.42 bits per heavy atom. The van der Waals surface area contributed by atoms with Gasteiger partial charge >= 0.3 is 12.2 Å². The lowest BCUT2D eigenvalue weighted by atomic mass is 9.99. The summed E-state index contributed by atoms with van der Waals surface area (Å²) in [5.74, 6) is 0.546. The summed E-state index contributed by atoms with van der Waals surface area (Å²) in [5, 5.41) is 6.85. The van der Waals surface area contributed by atoms with E-state index in [0.29, 0.717) is 38.3 Å². The second-order valence-electron chi connectivity index (χ2n) is 6.66. The molecule has 0 aliphatic carbocycles. The molecule has 2 aromatic rings. The Balaban J connectivity index is 1.52. The molecule has 0 saturated heterocycles. The topological polar surface area (TPSA) is 68.0 Å². The van der Waals surface area contributed by atoms with Crippen LogP contribution in [0.2, 0.25) is 0 Å². The van der Waals surface area contributed by atoms with Crippen LogP contribution in [0.5, 0.6) is 0 Å². The zero-order chi connectivity index (χ0) is 18.9. The van der Waals surface area contributed by atoms with Crippen molar-refractivity contribution in [3.05, 3.63) is 35.7 Å². The number of hydrogen-bond donors (Lipinski definition) is 1. The van der Waals surface area contributed by atoms with Crippen molar-refractivity contribution >= 4 is 6.03 Å². The summed E-state index contributed by atoms with van der Waals surface area (Å²) < 4.78 is 41.5. The van der Waals surface area contributed by atoms with Crippen LogP contribution in [0, 0.1) is 5.92 Å². The van der Waals surface area contributed by atoms with Gasteiger partial charge in [-0.25, -0.2) is 9.78 Å². The van der Waals surface area contributed by atoms with Crippen molar-refractivity contribution in [3.63, 3.8) is 0 Å². The van der Waals surface area contributed by atoms with Crippen LogP contribution in [0.15, 0.2) is 18.6 Å². The minimum atomic E-state index is -4.43. The van der Waals surface area contributed by atoms with Gasteiger partial charge in [0.1, 0.15) is 5.82 Å². The SMILES string of the molecule is CN(C[C@H]1CCc2nc(C(F)(F)F)cn2C1)C(=O)NCc1cnn(C)c1. The molecule has 1 N–H and O–H groups in total. The maximum absolute atomic E-state index is 12.8. The fourth-order valence-electron chi connectivity index (χ4n) is 3.15. The van der Waals surface area contributed by atoms with E-state index in [0.717, 1.165) is 11.8 Å². The molecule has 0 bridgehead atoms. The van der Waals surface area contributed by atoms with Gasteiger partial charge in [0.05, 0.1) is 6.20 Å². The Labute approximate surface area is 148 Å². The number of aromatic nitrogens is 4. The third-order valence-corrected chi connectivity index (χ3v) is 4.46. The first-order valence-electron chi connectivity index (χ1n) is 8.32. The summed E-state index contributed by atoms with van der Waals surface area (Å²) in [7, 11) is 3.48. The maximum Gasteiger partial charge on any atom is 0.434 e. The lowest BCUT2D eigenvalue weighted by molar-refractivity contribution is -0.141. The summed E-state index contributed by atoms with van der Waals surface area (Å²) in [5.41, 5.74) is 0.0466. The largest absolute Gasteiger partial charge is 0.434 e. The number of hydrogen-bond acceptors (Lipinski definition) is 3. The molecular weight excluding hydrogens is 349 g/mol. The maximum atomic E-state index is 12.8. The number of amides is 2. The van der Waals surface area contributed by atoms with Crippen LogP contribution in [-0.2, 0) is 32.7 Å². The summed E-state index contributed by atoms with van der Waals surface area (Å²) in [6.45, 7) is 1.28. The number of nitrogens with zero attached hydrogens (tertiary/aromatic N) is 5. The van der Waals surface area contributed by atoms with Crippen LogP contribution in [0.1, 0.15) is 23.5 Å². The highest BCUT2D eigenvalue weighted by Crippen LogP contribution is 2.30. The van der Waals surface area contributed by atoms with Crippen LogP contribution in [0.25, 0.3) is 0 Å². The van der Waals surface area contributed by atoms with Crippen molar-refractivity contribution in [3.8, 4) is 0 Å². The molecule has 3 heterocycles. The predicted molar refractivity (Wildman–Crippen MR) is 87.1 cm³/mol. The van der Waals surface area contributed by atoms with E-state index in [1.54, 1.807) is 34.4 Å². The Kier molecular flexibility index (Phi) is 4.92. The second-order valence-corrected chi connectivity index (χ2v) is 6.66. The van der Waals surface area contributed by atoms with Crippen molar-refractivity contribution in [2.24, 2.45) is 13.0 Å². The number of aryl methyl sites for hydroxylation is 2. The molecule has 0 aromatic carbocycles. The van der Waals surface area contributed by atoms with Gasteiger partial charge < -0.3 is 14.8 Å². The second kappa shape index (κ2) is 7.00. The van der Waals surface area contributed by atoms with Crippen LogP contribution < -0.4 is 5.32 Å². The molecular formula is C16H21F3N6O. The van der Waals surface area contributed by atoms with E-state index >= 15 is 0 Å². The van der Waals surface area contributed by atoms with E-state index in [1.807, 2.05) is 6.20 Å². The van der Waals surface area contributed by atoms with Gasteiger partial charge in [0, 0.05) is 58.1 Å². The van der Waals surface area contributed by atoms with Crippen LogP contribution in [0.4, 0.5) is 18.0 Å². The van der Waals surface area contributed by atoms with Gasteiger partial charge in [-0.3, -0.25) is 4.68 Å². The number of urea groups is 1. The zero-order valence-electron chi connectivity index (χ0n) is 14.6. The van der Waals surface area contributed by atoms with Gasteiger partial charge in [0.15, 0.2) is 5.69 Å². The van der Waals surface area contributed by atoms with E-state index in [2.05, 4.69) is 15.4 Å². The molecule has 26 heavy (non-hydrogen) atoms. The number of imidazole rings is 1. The Morgan fingerprint density at radius 2 is 2.19 bits per heavy atom. The highest BCUT2D eigenvalue weighted by Gasteiger charge is 2.35. The fraction of sp³-hybridized carbons (Fsp3) is 0.562. The zero-order valence-corrected chi connectivity index (χ0v) is 14.6. The van der Waals surface area contributed by atoms with E-state index in [1.165, 1.54) is 0 Å². The normalized spacial score (nSPS) is 17.0. The first-order chi connectivity index (χ1) is 12.2. The highest BCUT2D eigenvalue weighted by molar-refractivity contribution is 5.73. The molecule has 1 aliphatic heterocycles. The summed E-state index contributed by atoms with van der Waals surface area (Å²) in [6, 6.07) is -0.221. The number of nitrogens with one attached hydrogen (secondary N) is 1. The summed E-state index contributed by atoms with van der Waals surface area (Å²) >= 11 is 0. The van der Waals surface area contributed by atoms with E-state index in [-0.39, 0.29) is 11.9 Å². The summed E-state index contributed by atoms with van der Waals surface area (Å²) in [4.78, 5) is 17.4. The van der Waals surface area contributed by atoms with Gasteiger partial charge in [-0.05, 0) is 12.3 Å². The molecule has 1 atom stereocenters. The third kappa shape index (κ3) is 4.17. The molecule has 0 radical (unpaired) electrons. The Bertz CT molecular complexity index is 781. The van der Waals surface area contributed by atoms with Gasteiger partial charge in [-0.15, -0.1) is 0 Å². The monoisotopic (exact) mass is 370 g/mol. The van der Waals surface area contributed by atoms with Gasteiger partial charge in [-0.1, -0.05) is 0 Å². The molecule has 0 spiro atoms. The summed E-state index contributed by atoms with van der Waals surface area (Å²) in [6.07, 6.45) is 1.31. The van der Waals surface area contributed by atoms with Gasteiger partial charge in [0.25, 0.3) is 0 Å². The highest BCUT2D eigenvalue weighted by atomic mass is 19.4. The molecule has 3 rings (SSSR count). The van der Waals surface area contributed by atoms with Crippen molar-refractivity contribution < 1.29 is 18.0 Å². The molecule has 0 saturated carbocycles. The van der Waals surface area contributed by atoms with Crippen molar-refractivity contribution in [1.82, 2.24) is 29.5 Å². The van der Waals surface area contributed by atoms with Crippen molar-refractivity contribution in [1.29, 1.82) is 0 Å². The van der Waals surface area contributed by atoms with Crippen LogP contribution >= 0.6 is 0 Å². The lowest BCUT2D eigenvalue weighted by Crippen LogP contribution is -2.41. The third-order valence-electron chi connectivity index (χ3n) is 4.46. The first-order valence-corrected chi connectivity index (χ1v) is 8.32. The molecule has 0 fully saturated rings. The molecule has 2 aromatic heterocycles. The number of fused-ring (bicyclic) bond motifs is 1. The van der Waals surface area contributed by atoms with E-state index < -0.39 is 11.9 Å². The average Bonchev–Trinajstić information content (AvgIpc) is 3.17. The fourth-order valence-corrected chi connectivity index (χ4v) is 3.15. The molecule has 7 nitrogen and oxygen atoms in total. The minimum absolute atomic E-state index is 0.0897. The molecule has 2 amide bonds. The number of carbonyl (C=O) groups is 1. The van der Waals surface area contributed by atoms with Crippen molar-refractivity contribution in [2.75, 3.05) is 13.6 Å². The predicted octanol–water partition coefficient (Wildman–Crippen LogP) is 2.04. The quantitative estimate of drug-likeness (QED) is 0.896. The standard InChI is InChI=1S/C16H21F3N6O/c1-23(15(26)20-5-12-6-21-24(2)8-12)7-11-3-4-14-22-13(16(17,18)19)10-25(14)9-11/h6,8,10-11H,3-5,7,9H2,1-2H3,(H,20,26)/t11-/m1/s1. The Hall–Kier alpha value is -2.52. The van der Waals surface area contributed by atoms with Crippen LogP contribution in [-0.4, -0.2) is 43.9 Å². The first kappa shape index (κ1) is 18.3. The molecule has 0 unspecified atom stereocenters. The van der Waals surface area contributed by atoms with Gasteiger partial charge in [0.2, 0.25) is 0 Å². The Morgan fingerprint density at radius 3 is 2.85 bits per heavy atom. The number of alkyl halides is 3.